The summed E-state index contributed by atoms with van der Waals surface area (Å²) >= 11 is 0. The van der Waals surface area contributed by atoms with Crippen molar-refractivity contribution in [1.29, 1.82) is 0 Å². The third-order valence-electron chi connectivity index (χ3n) is 5.84. The van der Waals surface area contributed by atoms with Crippen molar-refractivity contribution < 1.29 is 23.1 Å². The Labute approximate surface area is 175 Å². The number of amides is 1. The molecule has 0 aromatic heterocycles. The van der Waals surface area contributed by atoms with E-state index in [0.717, 1.165) is 18.9 Å². The van der Waals surface area contributed by atoms with Crippen LogP contribution in [0.5, 0.6) is 0 Å². The highest BCUT2D eigenvalue weighted by Gasteiger charge is 2.43. The quantitative estimate of drug-likeness (QED) is 0.612. The Morgan fingerprint density at radius 1 is 1.07 bits per heavy atom. The molecule has 160 valence electrons. The molecule has 30 heavy (non-hydrogen) atoms. The van der Waals surface area contributed by atoms with Gasteiger partial charge in [-0.1, -0.05) is 30.3 Å². The average Bonchev–Trinajstić information content (AvgIpc) is 2.75. The number of nitrogens with zero attached hydrogens (tertiary/aromatic N) is 1. The van der Waals surface area contributed by atoms with Crippen LogP contribution in [-0.4, -0.2) is 36.5 Å². The number of ether oxygens (including phenoxy) is 1. The number of piperidine rings is 1. The minimum absolute atomic E-state index is 0.149. The van der Waals surface area contributed by atoms with Crippen LogP contribution >= 0.6 is 0 Å². The summed E-state index contributed by atoms with van der Waals surface area (Å²) in [6.45, 7) is 2.76. The van der Waals surface area contributed by atoms with Gasteiger partial charge in [-0.25, -0.2) is 8.78 Å². The molecule has 1 aliphatic heterocycles. The summed E-state index contributed by atoms with van der Waals surface area (Å²) < 4.78 is 32.5. The lowest BCUT2D eigenvalue weighted by molar-refractivity contribution is -0.159. The molecule has 0 atom stereocenters. The number of likely N-dealkylation sites (tertiary alicyclic amines) is 1. The average molecular weight is 415 g/mol. The maximum absolute atomic E-state index is 14.0. The van der Waals surface area contributed by atoms with Gasteiger partial charge < -0.3 is 9.64 Å². The first-order valence-electron chi connectivity index (χ1n) is 10.4. The SMILES string of the molecule is CCOC(=O)C1(CCCc2ccccc2)CCN(C(=O)c2ccc(F)cc2F)CC1. The highest BCUT2D eigenvalue weighted by atomic mass is 19.1. The number of halogens is 2. The van der Waals surface area contributed by atoms with E-state index >= 15 is 0 Å². The van der Waals surface area contributed by atoms with Gasteiger partial charge in [0, 0.05) is 19.2 Å². The Kier molecular flexibility index (Phi) is 7.19. The molecule has 1 aliphatic rings. The lowest BCUT2D eigenvalue weighted by Crippen LogP contribution is -2.47. The second kappa shape index (κ2) is 9.83. The number of aryl methyl sites for hydroxylation is 1. The molecular formula is C24H27F2NO3. The van der Waals surface area contributed by atoms with Crippen molar-refractivity contribution >= 4 is 11.9 Å². The predicted molar refractivity (Wildman–Crippen MR) is 110 cm³/mol. The first kappa shape index (κ1) is 21.9. The van der Waals surface area contributed by atoms with Gasteiger partial charge in [0.25, 0.3) is 5.91 Å². The van der Waals surface area contributed by atoms with Gasteiger partial charge >= 0.3 is 5.97 Å². The number of esters is 1. The Bertz CT molecular complexity index is 877. The van der Waals surface area contributed by atoms with Crippen LogP contribution in [0.2, 0.25) is 0 Å². The minimum Gasteiger partial charge on any atom is -0.466 e. The van der Waals surface area contributed by atoms with Crippen molar-refractivity contribution in [3.8, 4) is 0 Å². The number of carbonyl (C=O) groups excluding carboxylic acids is 2. The van der Waals surface area contributed by atoms with Gasteiger partial charge in [-0.2, -0.15) is 0 Å². The fraction of sp³-hybridized carbons (Fsp3) is 0.417. The van der Waals surface area contributed by atoms with Crippen molar-refractivity contribution in [3.63, 3.8) is 0 Å². The highest BCUT2D eigenvalue weighted by molar-refractivity contribution is 5.94. The van der Waals surface area contributed by atoms with Crippen molar-refractivity contribution in [3.05, 3.63) is 71.3 Å². The molecule has 0 aliphatic carbocycles. The molecule has 2 aromatic carbocycles. The first-order chi connectivity index (χ1) is 14.4. The Balaban J connectivity index is 1.66. The van der Waals surface area contributed by atoms with E-state index in [0.29, 0.717) is 45.0 Å². The Morgan fingerprint density at radius 2 is 1.77 bits per heavy atom. The Hall–Kier alpha value is -2.76. The third kappa shape index (κ3) is 5.04. The maximum Gasteiger partial charge on any atom is 0.312 e. The van der Waals surface area contributed by atoms with E-state index < -0.39 is 23.0 Å². The topological polar surface area (TPSA) is 46.6 Å². The largest absolute Gasteiger partial charge is 0.466 e. The van der Waals surface area contributed by atoms with Gasteiger partial charge in [-0.05, 0) is 56.7 Å². The molecule has 1 fully saturated rings. The number of hydrogen-bond acceptors (Lipinski definition) is 3. The lowest BCUT2D eigenvalue weighted by Gasteiger charge is -2.40. The van der Waals surface area contributed by atoms with E-state index in [-0.39, 0.29) is 11.5 Å². The van der Waals surface area contributed by atoms with Gasteiger partial charge in [0.2, 0.25) is 0 Å². The molecule has 0 bridgehead atoms. The summed E-state index contributed by atoms with van der Waals surface area (Å²) in [6, 6.07) is 13.0. The predicted octanol–water partition coefficient (Wildman–Crippen LogP) is 4.77. The van der Waals surface area contributed by atoms with Gasteiger partial charge in [0.15, 0.2) is 0 Å². The highest BCUT2D eigenvalue weighted by Crippen LogP contribution is 2.38. The molecule has 0 radical (unpaired) electrons. The molecule has 1 heterocycles. The molecule has 6 heteroatoms. The van der Waals surface area contributed by atoms with Crippen molar-refractivity contribution in [1.82, 2.24) is 4.90 Å². The summed E-state index contributed by atoms with van der Waals surface area (Å²) in [6.07, 6.45) is 3.31. The number of carbonyl (C=O) groups is 2. The fourth-order valence-electron chi connectivity index (χ4n) is 4.09. The van der Waals surface area contributed by atoms with Crippen LogP contribution < -0.4 is 0 Å². The summed E-state index contributed by atoms with van der Waals surface area (Å²) in [4.78, 5) is 27.0. The number of hydrogen-bond donors (Lipinski definition) is 0. The van der Waals surface area contributed by atoms with Crippen LogP contribution in [0.3, 0.4) is 0 Å². The second-order valence-corrected chi connectivity index (χ2v) is 7.76. The monoisotopic (exact) mass is 415 g/mol. The van der Waals surface area contributed by atoms with E-state index in [1.165, 1.54) is 16.5 Å². The zero-order chi connectivity index (χ0) is 21.6. The second-order valence-electron chi connectivity index (χ2n) is 7.76. The Morgan fingerprint density at radius 3 is 2.40 bits per heavy atom. The van der Waals surface area contributed by atoms with Crippen LogP contribution in [0.25, 0.3) is 0 Å². The molecule has 0 N–H and O–H groups in total. The molecule has 1 amide bonds. The molecule has 0 unspecified atom stereocenters. The first-order valence-corrected chi connectivity index (χ1v) is 10.4. The zero-order valence-electron chi connectivity index (χ0n) is 17.2. The third-order valence-corrected chi connectivity index (χ3v) is 5.84. The van der Waals surface area contributed by atoms with Crippen LogP contribution in [0, 0.1) is 17.0 Å². The summed E-state index contributed by atoms with van der Waals surface area (Å²) in [5.74, 6) is -2.29. The molecular weight excluding hydrogens is 388 g/mol. The smallest absolute Gasteiger partial charge is 0.312 e. The molecule has 3 rings (SSSR count). The van der Waals surface area contributed by atoms with E-state index in [9.17, 15) is 18.4 Å². The maximum atomic E-state index is 14.0. The van der Waals surface area contributed by atoms with Gasteiger partial charge in [-0.3, -0.25) is 9.59 Å². The van der Waals surface area contributed by atoms with Crippen LogP contribution in [0.4, 0.5) is 8.78 Å². The molecule has 0 saturated carbocycles. The normalized spacial score (nSPS) is 15.6. The fourth-order valence-corrected chi connectivity index (χ4v) is 4.09. The van der Waals surface area contributed by atoms with Gasteiger partial charge in [-0.15, -0.1) is 0 Å². The lowest BCUT2D eigenvalue weighted by atomic mass is 9.74. The standard InChI is InChI=1S/C24H27F2NO3/c1-2-30-23(29)24(12-6-9-18-7-4-3-5-8-18)13-15-27(16-14-24)22(28)20-11-10-19(25)17-21(20)26/h3-5,7-8,10-11,17H,2,6,9,12-16H2,1H3. The zero-order valence-corrected chi connectivity index (χ0v) is 17.2. The van der Waals surface area contributed by atoms with Crippen LogP contribution in [0.15, 0.2) is 48.5 Å². The number of rotatable bonds is 7. The van der Waals surface area contributed by atoms with Crippen LogP contribution in [-0.2, 0) is 16.0 Å². The van der Waals surface area contributed by atoms with E-state index in [4.69, 9.17) is 4.74 Å². The minimum atomic E-state index is -0.870. The van der Waals surface area contributed by atoms with Crippen LogP contribution in [0.1, 0.15) is 48.5 Å². The van der Waals surface area contributed by atoms with E-state index in [2.05, 4.69) is 12.1 Å². The molecule has 1 saturated heterocycles. The number of benzene rings is 2. The molecule has 0 spiro atoms. The molecule has 2 aromatic rings. The van der Waals surface area contributed by atoms with E-state index in [1.54, 1.807) is 6.92 Å². The molecule has 4 nitrogen and oxygen atoms in total. The van der Waals surface area contributed by atoms with Crippen molar-refractivity contribution in [2.24, 2.45) is 5.41 Å². The summed E-state index contributed by atoms with van der Waals surface area (Å²) in [7, 11) is 0. The van der Waals surface area contributed by atoms with Gasteiger partial charge in [0.1, 0.15) is 11.6 Å². The van der Waals surface area contributed by atoms with Gasteiger partial charge in [0.05, 0.1) is 17.6 Å². The van der Waals surface area contributed by atoms with Crippen molar-refractivity contribution in [2.75, 3.05) is 19.7 Å². The van der Waals surface area contributed by atoms with E-state index in [1.807, 2.05) is 18.2 Å². The summed E-state index contributed by atoms with van der Waals surface area (Å²) in [5.41, 5.74) is 0.433. The summed E-state index contributed by atoms with van der Waals surface area (Å²) in [5, 5.41) is 0. The van der Waals surface area contributed by atoms with Crippen molar-refractivity contribution in [2.45, 2.75) is 39.0 Å².